The summed E-state index contributed by atoms with van der Waals surface area (Å²) < 4.78 is 7.37. The summed E-state index contributed by atoms with van der Waals surface area (Å²) in [6, 6.07) is 13.2. The molecular formula is C23H21N5O3. The Hall–Kier alpha value is -3.78. The van der Waals surface area contributed by atoms with Crippen molar-refractivity contribution < 1.29 is 14.6 Å². The maximum absolute atomic E-state index is 11.8. The number of carbonyl (C=O) groups is 1. The fourth-order valence-electron chi connectivity index (χ4n) is 4.01. The van der Waals surface area contributed by atoms with Gasteiger partial charge in [-0.3, -0.25) is 14.6 Å². The lowest BCUT2D eigenvalue weighted by molar-refractivity contribution is 0.195. The van der Waals surface area contributed by atoms with Crippen molar-refractivity contribution in [1.29, 1.82) is 0 Å². The molecule has 8 heteroatoms. The molecule has 3 aromatic heterocycles. The van der Waals surface area contributed by atoms with Crippen LogP contribution >= 0.6 is 0 Å². The first kappa shape index (κ1) is 19.2. The minimum atomic E-state index is -0.614. The molecule has 1 aromatic carbocycles. The summed E-state index contributed by atoms with van der Waals surface area (Å²) in [5, 5.41) is 17.1. The van der Waals surface area contributed by atoms with E-state index in [0.717, 1.165) is 52.8 Å². The molecule has 0 atom stereocenters. The minimum Gasteiger partial charge on any atom is -0.410 e. The Kier molecular flexibility index (Phi) is 5.05. The van der Waals surface area contributed by atoms with Gasteiger partial charge in [-0.1, -0.05) is 6.07 Å². The van der Waals surface area contributed by atoms with Gasteiger partial charge < -0.3 is 15.2 Å². The molecule has 0 saturated carbocycles. The molecule has 0 aliphatic carbocycles. The fraction of sp³-hybridized carbons (Fsp3) is 0.217. The van der Waals surface area contributed by atoms with Gasteiger partial charge in [-0.15, -0.1) is 0 Å². The highest BCUT2D eigenvalue weighted by molar-refractivity contribution is 5.99. The second-order valence-electron chi connectivity index (χ2n) is 7.29. The number of carbonyl (C=O) groups excluding carboxylic acids is 1. The average molecular weight is 415 g/mol. The molecule has 0 unspecified atom stereocenters. The van der Waals surface area contributed by atoms with Crippen molar-refractivity contribution in [2.24, 2.45) is 0 Å². The van der Waals surface area contributed by atoms with Gasteiger partial charge in [0.25, 0.3) is 0 Å². The van der Waals surface area contributed by atoms with Crippen LogP contribution in [-0.4, -0.2) is 44.1 Å². The Morgan fingerprint density at radius 1 is 1.16 bits per heavy atom. The van der Waals surface area contributed by atoms with Gasteiger partial charge in [0.15, 0.2) is 0 Å². The number of aliphatic hydroxyl groups is 1. The molecule has 5 rings (SSSR count). The topological polar surface area (TPSA) is 102 Å². The Morgan fingerprint density at radius 3 is 2.94 bits per heavy atom. The number of hydrogen-bond acceptors (Lipinski definition) is 6. The fourth-order valence-corrected chi connectivity index (χ4v) is 4.01. The van der Waals surface area contributed by atoms with E-state index in [1.807, 2.05) is 30.3 Å². The summed E-state index contributed by atoms with van der Waals surface area (Å²) in [5.74, 6) is 0.387. The Bertz CT molecular complexity index is 1250. The number of rotatable bonds is 5. The van der Waals surface area contributed by atoms with Crippen LogP contribution in [0.15, 0.2) is 54.9 Å². The first-order valence-electron chi connectivity index (χ1n) is 10.2. The van der Waals surface area contributed by atoms with Crippen molar-refractivity contribution in [2.45, 2.75) is 19.4 Å². The first-order chi connectivity index (χ1) is 15.2. The normalized spacial score (nSPS) is 12.7. The van der Waals surface area contributed by atoms with Crippen LogP contribution in [0.5, 0.6) is 5.75 Å². The van der Waals surface area contributed by atoms with E-state index in [4.69, 9.17) is 14.9 Å². The number of aliphatic hydroxyl groups excluding tert-OH is 1. The molecule has 2 N–H and O–H groups in total. The summed E-state index contributed by atoms with van der Waals surface area (Å²) in [7, 11) is 0. The number of hydrogen-bond donors (Lipinski definition) is 2. The lowest BCUT2D eigenvalue weighted by atomic mass is 9.96. The van der Waals surface area contributed by atoms with Crippen LogP contribution in [0.3, 0.4) is 0 Å². The molecule has 1 aliphatic rings. The summed E-state index contributed by atoms with van der Waals surface area (Å²) in [5.41, 5.74) is 5.74. The predicted molar refractivity (Wildman–Crippen MR) is 116 cm³/mol. The number of nitrogens with one attached hydrogen (secondary N) is 1. The second kappa shape index (κ2) is 8.16. The average Bonchev–Trinajstić information content (AvgIpc) is 3.39. The zero-order chi connectivity index (χ0) is 21.2. The van der Waals surface area contributed by atoms with Gasteiger partial charge in [0, 0.05) is 48.2 Å². The number of amides is 1. The van der Waals surface area contributed by atoms with Crippen LogP contribution in [0, 0.1) is 0 Å². The molecule has 1 aliphatic heterocycles. The summed E-state index contributed by atoms with van der Waals surface area (Å²) in [6.07, 6.45) is 4.96. The van der Waals surface area contributed by atoms with Gasteiger partial charge in [-0.2, -0.15) is 5.10 Å². The standard InChI is InChI=1S/C23H21N5O3/c29-13-11-26-23(30)31-15-6-7-16-17(8-10-25-19(16)14-15)21-20-5-3-12-28(20)27-22(21)18-4-1-2-9-24-18/h1-2,4,6-10,14,29H,3,5,11-13H2,(H,26,30). The van der Waals surface area contributed by atoms with Crippen LogP contribution in [-0.2, 0) is 13.0 Å². The Morgan fingerprint density at radius 2 is 2.10 bits per heavy atom. The summed E-state index contributed by atoms with van der Waals surface area (Å²) in [6.45, 7) is 0.892. The quantitative estimate of drug-likeness (QED) is 0.519. The third-order valence-electron chi connectivity index (χ3n) is 5.32. The lowest BCUT2D eigenvalue weighted by Crippen LogP contribution is -2.29. The number of fused-ring (bicyclic) bond motifs is 2. The maximum atomic E-state index is 11.8. The molecule has 0 fully saturated rings. The van der Waals surface area contributed by atoms with E-state index >= 15 is 0 Å². The molecule has 4 heterocycles. The van der Waals surface area contributed by atoms with Crippen LogP contribution in [0.4, 0.5) is 4.79 Å². The molecule has 1 amide bonds. The Balaban J connectivity index is 1.59. The van der Waals surface area contributed by atoms with E-state index in [9.17, 15) is 4.79 Å². The highest BCUT2D eigenvalue weighted by atomic mass is 16.6. The number of benzene rings is 1. The maximum Gasteiger partial charge on any atom is 0.412 e. The van der Waals surface area contributed by atoms with Gasteiger partial charge in [0.1, 0.15) is 11.4 Å². The van der Waals surface area contributed by atoms with E-state index in [-0.39, 0.29) is 13.2 Å². The number of aryl methyl sites for hydroxylation is 1. The summed E-state index contributed by atoms with van der Waals surface area (Å²) in [4.78, 5) is 20.8. The van der Waals surface area contributed by atoms with E-state index in [0.29, 0.717) is 5.75 Å². The van der Waals surface area contributed by atoms with E-state index in [2.05, 4.69) is 20.0 Å². The molecule has 0 radical (unpaired) electrons. The SMILES string of the molecule is O=C(NCCO)Oc1ccc2c(-c3c(-c4ccccn4)nn4c3CCC4)ccnc2c1. The van der Waals surface area contributed by atoms with Crippen molar-refractivity contribution >= 4 is 17.0 Å². The van der Waals surface area contributed by atoms with E-state index < -0.39 is 6.09 Å². The van der Waals surface area contributed by atoms with Crippen molar-refractivity contribution in [3.8, 4) is 28.3 Å². The lowest BCUT2D eigenvalue weighted by Gasteiger charge is -2.10. The van der Waals surface area contributed by atoms with Crippen molar-refractivity contribution in [3.63, 3.8) is 0 Å². The second-order valence-corrected chi connectivity index (χ2v) is 7.29. The Labute approximate surface area is 178 Å². The monoisotopic (exact) mass is 415 g/mol. The highest BCUT2D eigenvalue weighted by Crippen LogP contribution is 2.40. The molecule has 156 valence electrons. The van der Waals surface area contributed by atoms with Crippen molar-refractivity contribution in [1.82, 2.24) is 25.1 Å². The van der Waals surface area contributed by atoms with Crippen molar-refractivity contribution in [3.05, 3.63) is 60.6 Å². The molecule has 0 saturated heterocycles. The van der Waals surface area contributed by atoms with Gasteiger partial charge in [-0.25, -0.2) is 4.79 Å². The molecule has 0 spiro atoms. The molecular weight excluding hydrogens is 394 g/mol. The highest BCUT2D eigenvalue weighted by Gasteiger charge is 2.25. The van der Waals surface area contributed by atoms with Crippen LogP contribution in [0.2, 0.25) is 0 Å². The largest absolute Gasteiger partial charge is 0.412 e. The summed E-state index contributed by atoms with van der Waals surface area (Å²) >= 11 is 0. The number of nitrogens with zero attached hydrogens (tertiary/aromatic N) is 4. The van der Waals surface area contributed by atoms with Crippen LogP contribution in [0.25, 0.3) is 33.4 Å². The third kappa shape index (κ3) is 3.62. The zero-order valence-electron chi connectivity index (χ0n) is 16.8. The van der Waals surface area contributed by atoms with Gasteiger partial charge in [-0.05, 0) is 48.7 Å². The van der Waals surface area contributed by atoms with E-state index in [1.54, 1.807) is 24.5 Å². The van der Waals surface area contributed by atoms with Gasteiger partial charge in [0.05, 0.1) is 17.8 Å². The van der Waals surface area contributed by atoms with Gasteiger partial charge >= 0.3 is 6.09 Å². The first-order valence-corrected chi connectivity index (χ1v) is 10.2. The number of ether oxygens (including phenoxy) is 1. The predicted octanol–water partition coefficient (Wildman–Crippen LogP) is 3.19. The minimum absolute atomic E-state index is 0.137. The molecule has 31 heavy (non-hydrogen) atoms. The third-order valence-corrected chi connectivity index (χ3v) is 5.32. The number of pyridine rings is 2. The number of aromatic nitrogens is 4. The molecule has 8 nitrogen and oxygen atoms in total. The molecule has 4 aromatic rings. The zero-order valence-corrected chi connectivity index (χ0v) is 16.8. The van der Waals surface area contributed by atoms with Crippen molar-refractivity contribution in [2.75, 3.05) is 13.2 Å². The van der Waals surface area contributed by atoms with Gasteiger partial charge in [0.2, 0.25) is 0 Å². The molecule has 0 bridgehead atoms. The van der Waals surface area contributed by atoms with Crippen LogP contribution < -0.4 is 10.1 Å². The smallest absolute Gasteiger partial charge is 0.410 e. The van der Waals surface area contributed by atoms with E-state index in [1.165, 1.54) is 5.69 Å². The van der Waals surface area contributed by atoms with Crippen LogP contribution in [0.1, 0.15) is 12.1 Å².